The number of carbonyl (C=O) groups is 1. The van der Waals surface area contributed by atoms with Crippen LogP contribution in [0.25, 0.3) is 0 Å². The molecule has 6 heteroatoms. The van der Waals surface area contributed by atoms with Crippen LogP contribution in [0.2, 0.25) is 0 Å². The maximum atomic E-state index is 12.3. The van der Waals surface area contributed by atoms with E-state index >= 15 is 0 Å². The standard InChI is InChI=1S/C20H43O3PS.CH2O/c1-4-7-8-9-10-11-12-13-14-15-16-17-18-19-20-25-24(21,22-5-2)23-6-3;1-2/h4-20H2,1-3H3;1H2. The Morgan fingerprint density at radius 3 is 1.30 bits per heavy atom. The molecular weight excluding hydrogens is 379 g/mol. The van der Waals surface area contributed by atoms with Crippen LogP contribution in [-0.2, 0) is 18.4 Å². The van der Waals surface area contributed by atoms with Crippen molar-refractivity contribution in [2.24, 2.45) is 0 Å². The van der Waals surface area contributed by atoms with Gasteiger partial charge in [0, 0.05) is 5.75 Å². The van der Waals surface area contributed by atoms with Crippen LogP contribution in [0.4, 0.5) is 0 Å². The van der Waals surface area contributed by atoms with E-state index < -0.39 is 6.80 Å². The van der Waals surface area contributed by atoms with Gasteiger partial charge in [0.2, 0.25) is 0 Å². The van der Waals surface area contributed by atoms with Crippen molar-refractivity contribution in [3.8, 4) is 0 Å². The topological polar surface area (TPSA) is 52.6 Å². The summed E-state index contributed by atoms with van der Waals surface area (Å²) in [6, 6.07) is 0. The maximum Gasteiger partial charge on any atom is 0.389 e. The Kier molecular flexibility index (Phi) is 26.3. The molecule has 27 heavy (non-hydrogen) atoms. The van der Waals surface area contributed by atoms with Crippen molar-refractivity contribution in [2.45, 2.75) is 111 Å². The van der Waals surface area contributed by atoms with Gasteiger partial charge >= 0.3 is 6.80 Å². The highest BCUT2D eigenvalue weighted by atomic mass is 32.7. The van der Waals surface area contributed by atoms with E-state index in [0.29, 0.717) is 13.2 Å². The van der Waals surface area contributed by atoms with E-state index in [9.17, 15) is 4.57 Å². The molecule has 0 unspecified atom stereocenters. The van der Waals surface area contributed by atoms with Crippen molar-refractivity contribution in [3.63, 3.8) is 0 Å². The molecule has 0 aliphatic heterocycles. The first kappa shape index (κ1) is 29.4. The van der Waals surface area contributed by atoms with Gasteiger partial charge in [0.25, 0.3) is 0 Å². The number of unbranched alkanes of at least 4 members (excludes halogenated alkanes) is 13. The summed E-state index contributed by atoms with van der Waals surface area (Å²) in [5, 5.41) is 0. The zero-order valence-corrected chi connectivity index (χ0v) is 19.9. The summed E-state index contributed by atoms with van der Waals surface area (Å²) < 4.78 is 22.8. The highest BCUT2D eigenvalue weighted by Crippen LogP contribution is 2.60. The molecule has 0 saturated carbocycles. The molecule has 0 amide bonds. The Balaban J connectivity index is 0. The highest BCUT2D eigenvalue weighted by molar-refractivity contribution is 8.55. The molecule has 4 nitrogen and oxygen atoms in total. The van der Waals surface area contributed by atoms with Crippen molar-refractivity contribution < 1.29 is 18.4 Å². The lowest BCUT2D eigenvalue weighted by Crippen LogP contribution is -1.93. The summed E-state index contributed by atoms with van der Waals surface area (Å²) in [5.41, 5.74) is 0. The van der Waals surface area contributed by atoms with Crippen LogP contribution >= 0.6 is 18.2 Å². The second-order valence-electron chi connectivity index (χ2n) is 6.71. The molecule has 0 radical (unpaired) electrons. The fourth-order valence-electron chi connectivity index (χ4n) is 2.90. The van der Waals surface area contributed by atoms with Crippen LogP contribution in [0.3, 0.4) is 0 Å². The summed E-state index contributed by atoms with van der Waals surface area (Å²) in [5.74, 6) is 0.870. The lowest BCUT2D eigenvalue weighted by molar-refractivity contribution is -0.0980. The Hall–Kier alpha value is 0.170. The lowest BCUT2D eigenvalue weighted by atomic mass is 10.0. The number of rotatable bonds is 20. The predicted molar refractivity (Wildman–Crippen MR) is 121 cm³/mol. The van der Waals surface area contributed by atoms with E-state index in [1.165, 1.54) is 94.9 Å². The van der Waals surface area contributed by atoms with Gasteiger partial charge in [0.15, 0.2) is 0 Å². The molecule has 0 aromatic carbocycles. The Labute approximate surface area is 173 Å². The summed E-state index contributed by atoms with van der Waals surface area (Å²) in [7, 11) is 0. The van der Waals surface area contributed by atoms with Crippen LogP contribution in [0, 0.1) is 0 Å². The Morgan fingerprint density at radius 2 is 0.963 bits per heavy atom. The first-order valence-corrected chi connectivity index (χ1v) is 14.1. The van der Waals surface area contributed by atoms with Gasteiger partial charge in [0.1, 0.15) is 6.79 Å². The molecule has 0 aromatic rings. The molecule has 0 bridgehead atoms. The van der Waals surface area contributed by atoms with Crippen molar-refractivity contribution in [2.75, 3.05) is 19.0 Å². The van der Waals surface area contributed by atoms with E-state index in [0.717, 1.165) is 12.2 Å². The van der Waals surface area contributed by atoms with Crippen molar-refractivity contribution >= 4 is 25.0 Å². The maximum absolute atomic E-state index is 12.3. The van der Waals surface area contributed by atoms with Gasteiger partial charge in [-0.3, -0.25) is 0 Å². The van der Waals surface area contributed by atoms with Gasteiger partial charge in [-0.2, -0.15) is 0 Å². The fraction of sp³-hybridized carbons (Fsp3) is 0.952. The summed E-state index contributed by atoms with van der Waals surface area (Å²) >= 11 is 1.37. The zero-order valence-electron chi connectivity index (χ0n) is 18.2. The molecule has 0 saturated heterocycles. The average molecular weight is 425 g/mol. The van der Waals surface area contributed by atoms with Crippen molar-refractivity contribution in [3.05, 3.63) is 0 Å². The van der Waals surface area contributed by atoms with Crippen LogP contribution in [0.5, 0.6) is 0 Å². The minimum atomic E-state index is -2.89. The number of hydrogen-bond acceptors (Lipinski definition) is 5. The Morgan fingerprint density at radius 1 is 0.630 bits per heavy atom. The van der Waals surface area contributed by atoms with Crippen LogP contribution in [0.1, 0.15) is 111 Å². The van der Waals surface area contributed by atoms with E-state index in [2.05, 4.69) is 6.92 Å². The number of carbonyl (C=O) groups excluding carboxylic acids is 1. The molecule has 0 spiro atoms. The van der Waals surface area contributed by atoms with Gasteiger partial charge in [0.05, 0.1) is 13.2 Å². The van der Waals surface area contributed by atoms with Crippen molar-refractivity contribution in [1.82, 2.24) is 0 Å². The van der Waals surface area contributed by atoms with Gasteiger partial charge in [-0.05, 0) is 31.7 Å². The van der Waals surface area contributed by atoms with Gasteiger partial charge < -0.3 is 13.8 Å². The van der Waals surface area contributed by atoms with E-state index in [4.69, 9.17) is 13.8 Å². The largest absolute Gasteiger partial charge is 0.389 e. The van der Waals surface area contributed by atoms with Gasteiger partial charge in [-0.15, -0.1) is 0 Å². The van der Waals surface area contributed by atoms with Gasteiger partial charge in [-0.25, -0.2) is 4.57 Å². The highest BCUT2D eigenvalue weighted by Gasteiger charge is 2.23. The molecule has 0 rings (SSSR count). The predicted octanol–water partition coefficient (Wildman–Crippen LogP) is 8.20. The number of hydrogen-bond donors (Lipinski definition) is 0. The molecule has 0 N–H and O–H groups in total. The van der Waals surface area contributed by atoms with E-state index in [-0.39, 0.29) is 0 Å². The third-order valence-corrected chi connectivity index (χ3v) is 8.39. The van der Waals surface area contributed by atoms with Crippen LogP contribution < -0.4 is 0 Å². The summed E-state index contributed by atoms with van der Waals surface area (Å²) in [6.45, 7) is 6.00. The smallest absolute Gasteiger partial charge is 0.307 e. The molecular formula is C21H45O4PS. The molecule has 0 atom stereocenters. The first-order chi connectivity index (χ1) is 13.2. The monoisotopic (exact) mass is 424 g/mol. The average Bonchev–Trinajstić information content (AvgIpc) is 2.67. The second kappa shape index (κ2) is 24.2. The van der Waals surface area contributed by atoms with Crippen molar-refractivity contribution in [1.29, 1.82) is 0 Å². The molecule has 0 heterocycles. The zero-order chi connectivity index (χ0) is 20.6. The molecule has 0 aliphatic rings. The minimum Gasteiger partial charge on any atom is -0.307 e. The fourth-order valence-corrected chi connectivity index (χ4v) is 6.45. The Bertz CT molecular complexity index is 319. The van der Waals surface area contributed by atoms with Crippen LogP contribution in [-0.4, -0.2) is 25.8 Å². The molecule has 0 aliphatic carbocycles. The van der Waals surface area contributed by atoms with E-state index in [1.54, 1.807) is 0 Å². The molecule has 0 fully saturated rings. The van der Waals surface area contributed by atoms with Crippen LogP contribution in [0.15, 0.2) is 0 Å². The summed E-state index contributed by atoms with van der Waals surface area (Å²) in [6.07, 6.45) is 19.1. The molecule has 0 aromatic heterocycles. The van der Waals surface area contributed by atoms with Gasteiger partial charge in [-0.1, -0.05) is 90.4 Å². The third kappa shape index (κ3) is 22.3. The minimum absolute atomic E-state index is 0.447. The van der Waals surface area contributed by atoms with E-state index in [1.807, 2.05) is 20.6 Å². The third-order valence-electron chi connectivity index (χ3n) is 4.32. The summed E-state index contributed by atoms with van der Waals surface area (Å²) in [4.78, 5) is 8.00. The normalized spacial score (nSPS) is 11.2. The lowest BCUT2D eigenvalue weighted by Gasteiger charge is -2.15. The second-order valence-corrected chi connectivity index (χ2v) is 10.9. The first-order valence-electron chi connectivity index (χ1n) is 11.0. The quantitative estimate of drug-likeness (QED) is 0.146. The SMILES string of the molecule is C=O.CCCCCCCCCCCCCCCCSP(=O)(OCC)OCC. The molecule has 164 valence electrons.